The van der Waals surface area contributed by atoms with E-state index in [1.165, 1.54) is 16.0 Å². The van der Waals surface area contributed by atoms with Gasteiger partial charge in [0.2, 0.25) is 0 Å². The van der Waals surface area contributed by atoms with Crippen molar-refractivity contribution >= 4 is 44.8 Å². The normalized spacial score (nSPS) is 18.4. The summed E-state index contributed by atoms with van der Waals surface area (Å²) in [5.74, 6) is 0. The Morgan fingerprint density at radius 2 is 2.25 bits per heavy atom. The summed E-state index contributed by atoms with van der Waals surface area (Å²) in [6, 6.07) is 7.15. The van der Waals surface area contributed by atoms with E-state index in [2.05, 4.69) is 50.9 Å². The quantitative estimate of drug-likeness (QED) is 0.868. The minimum Gasteiger partial charge on any atom is -0.375 e. The highest BCUT2D eigenvalue weighted by Gasteiger charge is 2.23. The van der Waals surface area contributed by atoms with E-state index in [4.69, 9.17) is 5.73 Å². The van der Waals surface area contributed by atoms with Gasteiger partial charge in [0.15, 0.2) is 5.13 Å². The Kier molecular flexibility index (Phi) is 5.07. The van der Waals surface area contributed by atoms with Gasteiger partial charge in [-0.2, -0.15) is 0 Å². The van der Waals surface area contributed by atoms with Gasteiger partial charge in [0.25, 0.3) is 0 Å². The smallest absolute Gasteiger partial charge is 0.180 e. The molecule has 6 heteroatoms. The highest BCUT2D eigenvalue weighted by Crippen LogP contribution is 2.28. The van der Waals surface area contributed by atoms with Gasteiger partial charge in [-0.25, -0.2) is 4.98 Å². The fraction of sp³-hybridized carbons (Fsp3) is 0.357. The Bertz CT molecular complexity index is 602. The van der Waals surface area contributed by atoms with Crippen LogP contribution in [0.3, 0.4) is 0 Å². The van der Waals surface area contributed by atoms with Crippen molar-refractivity contribution in [3.63, 3.8) is 0 Å². The van der Waals surface area contributed by atoms with Crippen LogP contribution < -0.4 is 5.73 Å². The average Bonchev–Trinajstić information content (AvgIpc) is 2.76. The van der Waals surface area contributed by atoms with Crippen molar-refractivity contribution < 1.29 is 0 Å². The van der Waals surface area contributed by atoms with E-state index >= 15 is 0 Å². The maximum atomic E-state index is 5.70. The molecule has 3 rings (SSSR count). The molecule has 20 heavy (non-hydrogen) atoms. The van der Waals surface area contributed by atoms with Crippen LogP contribution in [0.25, 0.3) is 0 Å². The predicted molar refractivity (Wildman–Crippen MR) is 90.3 cm³/mol. The number of nitrogens with two attached hydrogens (primary N) is 1. The number of fused-ring (bicyclic) bond motifs is 1. The van der Waals surface area contributed by atoms with Crippen LogP contribution in [-0.4, -0.2) is 15.9 Å². The van der Waals surface area contributed by atoms with Crippen LogP contribution in [0.15, 0.2) is 28.9 Å². The molecule has 2 aromatic rings. The maximum absolute atomic E-state index is 5.70. The summed E-state index contributed by atoms with van der Waals surface area (Å²) in [6.45, 7) is 4.21. The molecule has 0 bridgehead atoms. The second-order valence-electron chi connectivity index (χ2n) is 5.04. The van der Waals surface area contributed by atoms with E-state index in [0.717, 1.165) is 24.0 Å². The zero-order valence-corrected chi connectivity index (χ0v) is 14.4. The number of nitrogen functional groups attached to an aromatic ring is 1. The number of benzene rings is 1. The first-order valence-corrected chi connectivity index (χ1v) is 7.94. The SMILES string of the molecule is CC1Cc2ccc(Br)cc2CN1Cc1cnc(N)s1.Cl. The van der Waals surface area contributed by atoms with E-state index in [9.17, 15) is 0 Å². The molecule has 1 atom stereocenters. The predicted octanol–water partition coefficient (Wildman–Crippen LogP) is 3.86. The lowest BCUT2D eigenvalue weighted by Crippen LogP contribution is -2.37. The first kappa shape index (κ1) is 15.8. The van der Waals surface area contributed by atoms with E-state index in [1.807, 2.05) is 6.20 Å². The van der Waals surface area contributed by atoms with Crippen LogP contribution in [0.1, 0.15) is 22.9 Å². The summed E-state index contributed by atoms with van der Waals surface area (Å²) >= 11 is 5.14. The van der Waals surface area contributed by atoms with E-state index in [-0.39, 0.29) is 12.4 Å². The Hall–Kier alpha value is -0.620. The largest absolute Gasteiger partial charge is 0.375 e. The van der Waals surface area contributed by atoms with Crippen molar-refractivity contribution in [1.29, 1.82) is 0 Å². The van der Waals surface area contributed by atoms with Crippen molar-refractivity contribution in [1.82, 2.24) is 9.88 Å². The molecule has 1 aliphatic heterocycles. The van der Waals surface area contributed by atoms with Crippen LogP contribution in [0.2, 0.25) is 0 Å². The third kappa shape index (κ3) is 3.34. The lowest BCUT2D eigenvalue weighted by atomic mass is 9.95. The molecule has 2 heterocycles. The van der Waals surface area contributed by atoms with Gasteiger partial charge in [0, 0.05) is 34.7 Å². The lowest BCUT2D eigenvalue weighted by molar-refractivity contribution is 0.177. The minimum atomic E-state index is 0. The van der Waals surface area contributed by atoms with Gasteiger partial charge in [-0.15, -0.1) is 23.7 Å². The van der Waals surface area contributed by atoms with Gasteiger partial charge in [-0.1, -0.05) is 22.0 Å². The van der Waals surface area contributed by atoms with Crippen molar-refractivity contribution in [3.8, 4) is 0 Å². The summed E-state index contributed by atoms with van der Waals surface area (Å²) in [7, 11) is 0. The monoisotopic (exact) mass is 373 g/mol. The first-order chi connectivity index (χ1) is 9.11. The van der Waals surface area contributed by atoms with E-state index in [1.54, 1.807) is 11.3 Å². The second-order valence-corrected chi connectivity index (χ2v) is 7.10. The van der Waals surface area contributed by atoms with Crippen LogP contribution in [-0.2, 0) is 19.5 Å². The van der Waals surface area contributed by atoms with Gasteiger partial charge in [-0.05, 0) is 36.6 Å². The summed E-state index contributed by atoms with van der Waals surface area (Å²) in [5, 5.41) is 0.655. The zero-order chi connectivity index (χ0) is 13.4. The molecular weight excluding hydrogens is 358 g/mol. The number of rotatable bonds is 2. The molecule has 0 radical (unpaired) electrons. The number of hydrogen-bond donors (Lipinski definition) is 1. The molecule has 2 N–H and O–H groups in total. The first-order valence-electron chi connectivity index (χ1n) is 6.33. The Balaban J connectivity index is 0.00000147. The van der Waals surface area contributed by atoms with Crippen LogP contribution in [0.5, 0.6) is 0 Å². The summed E-state index contributed by atoms with van der Waals surface area (Å²) < 4.78 is 1.16. The molecule has 108 valence electrons. The summed E-state index contributed by atoms with van der Waals surface area (Å²) in [5.41, 5.74) is 8.59. The second kappa shape index (κ2) is 6.43. The van der Waals surface area contributed by atoms with E-state index in [0.29, 0.717) is 11.2 Å². The highest BCUT2D eigenvalue weighted by atomic mass is 79.9. The Morgan fingerprint density at radius 3 is 2.95 bits per heavy atom. The molecule has 0 spiro atoms. The molecule has 0 amide bonds. The molecule has 1 unspecified atom stereocenters. The van der Waals surface area contributed by atoms with Crippen molar-refractivity contribution in [2.24, 2.45) is 0 Å². The zero-order valence-electron chi connectivity index (χ0n) is 11.2. The number of thiazole rings is 1. The summed E-state index contributed by atoms with van der Waals surface area (Å²) in [6.07, 6.45) is 3.00. The summed E-state index contributed by atoms with van der Waals surface area (Å²) in [4.78, 5) is 7.85. The van der Waals surface area contributed by atoms with Gasteiger partial charge < -0.3 is 5.73 Å². The number of hydrogen-bond acceptors (Lipinski definition) is 4. The number of nitrogens with zero attached hydrogens (tertiary/aromatic N) is 2. The van der Waals surface area contributed by atoms with Gasteiger partial charge in [0.1, 0.15) is 0 Å². The Labute approximate surface area is 137 Å². The fourth-order valence-corrected chi connectivity index (χ4v) is 3.69. The van der Waals surface area contributed by atoms with Crippen LogP contribution in [0.4, 0.5) is 5.13 Å². The maximum Gasteiger partial charge on any atom is 0.180 e. The lowest BCUT2D eigenvalue weighted by Gasteiger charge is -2.34. The molecule has 0 saturated heterocycles. The van der Waals surface area contributed by atoms with Crippen LogP contribution >= 0.6 is 39.7 Å². The standard InChI is InChI=1S/C14H16BrN3S.ClH/c1-9-4-10-2-3-12(15)5-11(10)7-18(9)8-13-6-17-14(16)19-13;/h2-3,5-6,9H,4,7-8H2,1H3,(H2,16,17);1H. The molecule has 1 aromatic heterocycles. The van der Waals surface area contributed by atoms with E-state index < -0.39 is 0 Å². The number of halogens is 2. The van der Waals surface area contributed by atoms with Crippen LogP contribution in [0, 0.1) is 0 Å². The molecule has 3 nitrogen and oxygen atoms in total. The molecule has 0 saturated carbocycles. The van der Waals surface area contributed by atoms with Crippen molar-refractivity contribution in [3.05, 3.63) is 44.9 Å². The fourth-order valence-electron chi connectivity index (χ4n) is 2.57. The molecule has 0 aliphatic carbocycles. The van der Waals surface area contributed by atoms with Gasteiger partial charge in [-0.3, -0.25) is 4.90 Å². The number of aromatic nitrogens is 1. The topological polar surface area (TPSA) is 42.2 Å². The molecule has 0 fully saturated rings. The number of anilines is 1. The highest BCUT2D eigenvalue weighted by molar-refractivity contribution is 9.10. The van der Waals surface area contributed by atoms with Gasteiger partial charge >= 0.3 is 0 Å². The van der Waals surface area contributed by atoms with Crippen molar-refractivity contribution in [2.45, 2.75) is 32.5 Å². The minimum absolute atomic E-state index is 0. The third-order valence-electron chi connectivity index (χ3n) is 3.61. The van der Waals surface area contributed by atoms with Crippen molar-refractivity contribution in [2.75, 3.05) is 5.73 Å². The molecular formula is C14H17BrClN3S. The average molecular weight is 375 g/mol. The Morgan fingerprint density at radius 1 is 1.45 bits per heavy atom. The third-order valence-corrected chi connectivity index (χ3v) is 4.92. The molecule has 1 aliphatic rings. The molecule has 1 aromatic carbocycles. The van der Waals surface area contributed by atoms with Gasteiger partial charge in [0.05, 0.1) is 0 Å².